The average molecular weight is 307 g/mol. The highest BCUT2D eigenvalue weighted by Gasteiger charge is 2.51. The molecule has 1 saturated carbocycles. The smallest absolute Gasteiger partial charge is 0.243 e. The minimum absolute atomic E-state index is 0.0845. The first-order valence-electron chi connectivity index (χ1n) is 8.21. The summed E-state index contributed by atoms with van der Waals surface area (Å²) in [6.07, 6.45) is 3.75. The van der Waals surface area contributed by atoms with Crippen molar-refractivity contribution in [3.8, 4) is 11.5 Å². The number of carbonyl (C=O) groups excluding carboxylic acids is 1. The summed E-state index contributed by atoms with van der Waals surface area (Å²) in [5.41, 5.74) is 5.94. The van der Waals surface area contributed by atoms with Crippen molar-refractivity contribution in [3.63, 3.8) is 0 Å². The van der Waals surface area contributed by atoms with Crippen molar-refractivity contribution in [2.24, 2.45) is 22.9 Å². The molecule has 0 spiro atoms. The molecule has 1 fully saturated rings. The molecule has 1 amide bonds. The van der Waals surface area contributed by atoms with Gasteiger partial charge in [0.05, 0.1) is 5.69 Å². The molecule has 1 aromatic heterocycles. The third kappa shape index (κ3) is 2.11. The highest BCUT2D eigenvalue weighted by atomic mass is 16.4. The molecule has 5 rings (SSSR count). The zero-order chi connectivity index (χ0) is 15.4. The van der Waals surface area contributed by atoms with Crippen molar-refractivity contribution in [1.29, 1.82) is 0 Å². The number of hydrazone groups is 1. The Hall–Kier alpha value is -2.43. The molecule has 23 heavy (non-hydrogen) atoms. The van der Waals surface area contributed by atoms with E-state index in [1.54, 1.807) is 0 Å². The molecule has 3 aliphatic rings. The van der Waals surface area contributed by atoms with Gasteiger partial charge in [-0.25, -0.2) is 10.4 Å². The van der Waals surface area contributed by atoms with Crippen molar-refractivity contribution < 1.29 is 9.21 Å². The Labute approximate surface area is 133 Å². The molecular weight excluding hydrogens is 290 g/mol. The van der Waals surface area contributed by atoms with Crippen LogP contribution >= 0.6 is 0 Å². The number of nitrogens with one attached hydrogen (secondary N) is 1. The molecule has 2 aliphatic carbocycles. The van der Waals surface area contributed by atoms with Crippen molar-refractivity contribution in [3.05, 3.63) is 41.8 Å². The lowest BCUT2D eigenvalue weighted by atomic mass is 9.84. The van der Waals surface area contributed by atoms with Gasteiger partial charge in [-0.15, -0.1) is 0 Å². The molecule has 1 aromatic carbocycles. The van der Waals surface area contributed by atoms with E-state index in [1.165, 1.54) is 0 Å². The fraction of sp³-hybridized carbons (Fsp3) is 0.389. The minimum atomic E-state index is 0.0845. The summed E-state index contributed by atoms with van der Waals surface area (Å²) in [7, 11) is 0. The number of nitrogens with zero attached hydrogens (tertiary/aromatic N) is 2. The van der Waals surface area contributed by atoms with Gasteiger partial charge in [0.15, 0.2) is 0 Å². The van der Waals surface area contributed by atoms with Crippen LogP contribution in [0.5, 0.6) is 0 Å². The van der Waals surface area contributed by atoms with Crippen LogP contribution in [0.1, 0.15) is 24.3 Å². The maximum absolute atomic E-state index is 11.6. The predicted octanol–water partition coefficient (Wildman–Crippen LogP) is 2.57. The molecule has 116 valence electrons. The molecule has 5 heteroatoms. The number of fused-ring (bicyclic) bond motifs is 2. The molecule has 5 nitrogen and oxygen atoms in total. The Morgan fingerprint density at radius 3 is 2.91 bits per heavy atom. The van der Waals surface area contributed by atoms with Crippen LogP contribution in [0.3, 0.4) is 0 Å². The van der Waals surface area contributed by atoms with E-state index in [0.717, 1.165) is 48.4 Å². The zero-order valence-electron chi connectivity index (χ0n) is 12.7. The summed E-state index contributed by atoms with van der Waals surface area (Å²) in [6, 6.07) is 10.0. The first-order chi connectivity index (χ1) is 11.3. The molecule has 2 aromatic rings. The van der Waals surface area contributed by atoms with E-state index in [2.05, 4.69) is 15.5 Å². The maximum Gasteiger partial charge on any atom is 0.243 e. The number of oxazole rings is 1. The van der Waals surface area contributed by atoms with E-state index in [9.17, 15) is 4.79 Å². The number of hydrogen-bond donors (Lipinski definition) is 1. The molecule has 3 atom stereocenters. The van der Waals surface area contributed by atoms with Gasteiger partial charge in [-0.3, -0.25) is 4.79 Å². The van der Waals surface area contributed by atoms with Gasteiger partial charge in [0.2, 0.25) is 11.8 Å². The van der Waals surface area contributed by atoms with E-state index in [-0.39, 0.29) is 11.8 Å². The lowest BCUT2D eigenvalue weighted by molar-refractivity contribution is -0.122. The standard InChI is InChI=1S/C18H17N3O2/c22-17-13-9-12(13)16(20-21-17)11-6-7-14-15(8-11)23-18(19-14)10-4-2-1-3-5-10/h1-5,11-13H,6-9H2,(H,21,22)/t11?,12-,13-/m1/s1. The molecule has 1 aliphatic heterocycles. The summed E-state index contributed by atoms with van der Waals surface area (Å²) < 4.78 is 6.03. The number of aryl methyl sites for hydroxylation is 1. The van der Waals surface area contributed by atoms with Crippen LogP contribution in [0.4, 0.5) is 0 Å². The highest BCUT2D eigenvalue weighted by Crippen LogP contribution is 2.45. The van der Waals surface area contributed by atoms with Gasteiger partial charge in [0.25, 0.3) is 0 Å². The van der Waals surface area contributed by atoms with E-state index >= 15 is 0 Å². The van der Waals surface area contributed by atoms with E-state index in [4.69, 9.17) is 4.42 Å². The van der Waals surface area contributed by atoms with E-state index in [1.807, 2.05) is 30.3 Å². The van der Waals surface area contributed by atoms with Gasteiger partial charge in [0.1, 0.15) is 5.76 Å². The second-order valence-electron chi connectivity index (χ2n) is 6.66. The number of hydrogen-bond acceptors (Lipinski definition) is 4. The monoisotopic (exact) mass is 307 g/mol. The molecule has 1 N–H and O–H groups in total. The van der Waals surface area contributed by atoms with Crippen molar-refractivity contribution in [2.75, 3.05) is 0 Å². The van der Waals surface area contributed by atoms with Crippen LogP contribution in [0.15, 0.2) is 39.9 Å². The van der Waals surface area contributed by atoms with Crippen molar-refractivity contribution in [1.82, 2.24) is 10.4 Å². The summed E-state index contributed by atoms with van der Waals surface area (Å²) >= 11 is 0. The third-order valence-corrected chi connectivity index (χ3v) is 5.18. The molecular formula is C18H17N3O2. The van der Waals surface area contributed by atoms with Gasteiger partial charge in [-0.05, 0) is 31.4 Å². The second kappa shape index (κ2) is 4.78. The topological polar surface area (TPSA) is 67.5 Å². The zero-order valence-corrected chi connectivity index (χ0v) is 12.7. The lowest BCUT2D eigenvalue weighted by Gasteiger charge is -2.23. The predicted molar refractivity (Wildman–Crippen MR) is 84.6 cm³/mol. The molecule has 0 saturated heterocycles. The second-order valence-corrected chi connectivity index (χ2v) is 6.66. The van der Waals surface area contributed by atoms with Gasteiger partial charge >= 0.3 is 0 Å². The number of aromatic nitrogens is 1. The largest absolute Gasteiger partial charge is 0.441 e. The van der Waals surface area contributed by atoms with Crippen LogP contribution in [0.2, 0.25) is 0 Å². The SMILES string of the molecule is O=C1NN=C(C2CCc3nc(-c4ccccc4)oc3C2)[C@@H]2C[C@@H]12. The van der Waals surface area contributed by atoms with Gasteiger partial charge < -0.3 is 4.42 Å². The molecule has 0 bridgehead atoms. The maximum atomic E-state index is 11.6. The average Bonchev–Trinajstić information content (AvgIpc) is 3.28. The summed E-state index contributed by atoms with van der Waals surface area (Å²) in [5.74, 6) is 2.68. The number of amides is 1. The van der Waals surface area contributed by atoms with Crippen LogP contribution in [-0.2, 0) is 17.6 Å². The quantitative estimate of drug-likeness (QED) is 0.927. The van der Waals surface area contributed by atoms with E-state index in [0.29, 0.717) is 17.7 Å². The summed E-state index contributed by atoms with van der Waals surface area (Å²) in [4.78, 5) is 16.2. The van der Waals surface area contributed by atoms with Gasteiger partial charge in [0, 0.05) is 35.4 Å². The van der Waals surface area contributed by atoms with Crippen LogP contribution in [-0.4, -0.2) is 16.6 Å². The summed E-state index contributed by atoms with van der Waals surface area (Å²) in [6.45, 7) is 0. The first-order valence-corrected chi connectivity index (χ1v) is 8.21. The van der Waals surface area contributed by atoms with Gasteiger partial charge in [-0.2, -0.15) is 5.10 Å². The Kier molecular flexibility index (Phi) is 2.71. The minimum Gasteiger partial charge on any atom is -0.441 e. The van der Waals surface area contributed by atoms with Gasteiger partial charge in [-0.1, -0.05) is 18.2 Å². The Morgan fingerprint density at radius 2 is 2.04 bits per heavy atom. The Morgan fingerprint density at radius 1 is 1.17 bits per heavy atom. The third-order valence-electron chi connectivity index (χ3n) is 5.18. The fourth-order valence-corrected chi connectivity index (χ4v) is 3.82. The fourth-order valence-electron chi connectivity index (χ4n) is 3.82. The molecule has 2 heterocycles. The van der Waals surface area contributed by atoms with Crippen molar-refractivity contribution in [2.45, 2.75) is 25.7 Å². The first kappa shape index (κ1) is 13.0. The van der Waals surface area contributed by atoms with Crippen LogP contribution < -0.4 is 5.43 Å². The Balaban J connectivity index is 1.41. The number of rotatable bonds is 2. The van der Waals surface area contributed by atoms with E-state index < -0.39 is 0 Å². The Bertz CT molecular complexity index is 809. The number of benzene rings is 1. The summed E-state index contributed by atoms with van der Waals surface area (Å²) in [5, 5.41) is 4.35. The lowest BCUT2D eigenvalue weighted by Crippen LogP contribution is -2.34. The van der Waals surface area contributed by atoms with Crippen LogP contribution in [0.25, 0.3) is 11.5 Å². The normalized spacial score (nSPS) is 28.4. The molecule has 0 radical (unpaired) electrons. The molecule has 1 unspecified atom stereocenters. The van der Waals surface area contributed by atoms with Crippen LogP contribution in [0, 0.1) is 17.8 Å². The van der Waals surface area contributed by atoms with Crippen molar-refractivity contribution >= 4 is 11.6 Å². The number of carbonyl (C=O) groups is 1. The highest BCUT2D eigenvalue weighted by molar-refractivity contribution is 6.01.